The zero-order chi connectivity index (χ0) is 15.2. The molecule has 0 spiro atoms. The second-order valence-electron chi connectivity index (χ2n) is 4.62. The number of halogens is 1. The number of nitrogen functional groups attached to an aromatic ring is 1. The van der Waals surface area contributed by atoms with E-state index in [-0.39, 0.29) is 11.5 Å². The van der Waals surface area contributed by atoms with Crippen molar-refractivity contribution in [2.24, 2.45) is 0 Å². The lowest BCUT2D eigenvalue weighted by atomic mass is 10.2. The van der Waals surface area contributed by atoms with Crippen molar-refractivity contribution in [3.05, 3.63) is 58.0 Å². The summed E-state index contributed by atoms with van der Waals surface area (Å²) in [6.45, 7) is 0.503. The molecule has 110 valence electrons. The average Bonchev–Trinajstić information content (AvgIpc) is 2.44. The number of nitrogens with two attached hydrogens (primary N) is 1. The van der Waals surface area contributed by atoms with Crippen LogP contribution < -0.4 is 16.6 Å². The normalized spacial score (nSPS) is 10.3. The highest BCUT2D eigenvalue weighted by Crippen LogP contribution is 2.24. The van der Waals surface area contributed by atoms with Gasteiger partial charge in [0.1, 0.15) is 0 Å². The van der Waals surface area contributed by atoms with Crippen molar-refractivity contribution >= 4 is 28.9 Å². The van der Waals surface area contributed by atoms with Gasteiger partial charge in [-0.1, -0.05) is 17.7 Å². The predicted octanol–water partition coefficient (Wildman–Crippen LogP) is 2.50. The van der Waals surface area contributed by atoms with Gasteiger partial charge in [-0.2, -0.15) is 0 Å². The number of carbonyl (C=O) groups excluding carboxylic acids is 1. The molecule has 3 N–H and O–H groups in total. The molecule has 6 heteroatoms. The number of hydrogen-bond acceptors (Lipinski definition) is 3. The van der Waals surface area contributed by atoms with Gasteiger partial charge < -0.3 is 15.6 Å². The van der Waals surface area contributed by atoms with Crippen LogP contribution in [0.3, 0.4) is 0 Å². The van der Waals surface area contributed by atoms with Crippen LogP contribution in [0.4, 0.5) is 11.4 Å². The Morgan fingerprint density at radius 2 is 2.10 bits per heavy atom. The number of pyridine rings is 1. The fourth-order valence-electron chi connectivity index (χ4n) is 1.90. The Kier molecular flexibility index (Phi) is 5.00. The van der Waals surface area contributed by atoms with Gasteiger partial charge in [0.25, 0.3) is 0 Å². The fourth-order valence-corrected chi connectivity index (χ4v) is 2.14. The zero-order valence-corrected chi connectivity index (χ0v) is 12.1. The van der Waals surface area contributed by atoms with Gasteiger partial charge in [-0.25, -0.2) is 0 Å². The highest BCUT2D eigenvalue weighted by molar-refractivity contribution is 6.34. The summed E-state index contributed by atoms with van der Waals surface area (Å²) >= 11 is 5.98. The highest BCUT2D eigenvalue weighted by Gasteiger charge is 2.06. The fraction of sp³-hybridized carbons (Fsp3) is 0.200. The molecule has 2 rings (SSSR count). The lowest BCUT2D eigenvalue weighted by Gasteiger charge is -2.08. The first-order valence-electron chi connectivity index (χ1n) is 6.56. The van der Waals surface area contributed by atoms with E-state index in [9.17, 15) is 9.59 Å². The van der Waals surface area contributed by atoms with Gasteiger partial charge in [-0.05, 0) is 30.7 Å². The first-order valence-corrected chi connectivity index (χ1v) is 6.94. The van der Waals surface area contributed by atoms with Crippen LogP contribution in [0.5, 0.6) is 0 Å². The number of amides is 1. The van der Waals surface area contributed by atoms with Crippen molar-refractivity contribution in [3.8, 4) is 0 Å². The van der Waals surface area contributed by atoms with Crippen LogP contribution in [0.15, 0.2) is 47.4 Å². The maximum Gasteiger partial charge on any atom is 0.250 e. The average molecular weight is 306 g/mol. The number of carbonyl (C=O) groups is 1. The van der Waals surface area contributed by atoms with Crippen molar-refractivity contribution < 1.29 is 4.79 Å². The minimum atomic E-state index is -0.148. The third-order valence-corrected chi connectivity index (χ3v) is 3.28. The van der Waals surface area contributed by atoms with Crippen molar-refractivity contribution in [1.29, 1.82) is 0 Å². The minimum absolute atomic E-state index is 0.0699. The Morgan fingerprint density at radius 1 is 1.29 bits per heavy atom. The molecule has 0 bridgehead atoms. The van der Waals surface area contributed by atoms with Crippen LogP contribution >= 0.6 is 11.6 Å². The number of anilines is 2. The molecule has 0 aliphatic heterocycles. The summed E-state index contributed by atoms with van der Waals surface area (Å²) in [5, 5.41) is 3.13. The van der Waals surface area contributed by atoms with Crippen molar-refractivity contribution in [2.75, 3.05) is 11.1 Å². The van der Waals surface area contributed by atoms with E-state index in [2.05, 4.69) is 5.32 Å². The summed E-state index contributed by atoms with van der Waals surface area (Å²) in [4.78, 5) is 23.3. The third-order valence-electron chi connectivity index (χ3n) is 2.97. The summed E-state index contributed by atoms with van der Waals surface area (Å²) in [6.07, 6.45) is 2.58. The minimum Gasteiger partial charge on any atom is -0.399 e. The molecule has 0 saturated carbocycles. The molecule has 5 nitrogen and oxygen atoms in total. The summed E-state index contributed by atoms with van der Waals surface area (Å²) in [7, 11) is 0. The quantitative estimate of drug-likeness (QED) is 0.833. The Balaban J connectivity index is 1.85. The van der Waals surface area contributed by atoms with Crippen molar-refractivity contribution in [2.45, 2.75) is 19.4 Å². The molecule has 0 fully saturated rings. The first kappa shape index (κ1) is 15.1. The van der Waals surface area contributed by atoms with Crippen molar-refractivity contribution in [3.63, 3.8) is 0 Å². The van der Waals surface area contributed by atoms with E-state index >= 15 is 0 Å². The lowest BCUT2D eigenvalue weighted by Crippen LogP contribution is -2.19. The second kappa shape index (κ2) is 6.95. The van der Waals surface area contributed by atoms with Gasteiger partial charge in [0.15, 0.2) is 0 Å². The second-order valence-corrected chi connectivity index (χ2v) is 5.03. The Labute approximate surface area is 127 Å². The number of hydrogen-bond donors (Lipinski definition) is 2. The summed E-state index contributed by atoms with van der Waals surface area (Å²) in [5.74, 6) is -0.148. The van der Waals surface area contributed by atoms with Gasteiger partial charge in [-0.15, -0.1) is 0 Å². The molecule has 2 aromatic rings. The van der Waals surface area contributed by atoms with Crippen LogP contribution in [0.25, 0.3) is 0 Å². The number of benzene rings is 1. The van der Waals surface area contributed by atoms with Crippen LogP contribution in [-0.2, 0) is 11.3 Å². The van der Waals surface area contributed by atoms with E-state index in [0.29, 0.717) is 35.8 Å². The van der Waals surface area contributed by atoms with Crippen LogP contribution in [-0.4, -0.2) is 10.5 Å². The van der Waals surface area contributed by atoms with E-state index in [1.54, 1.807) is 41.1 Å². The van der Waals surface area contributed by atoms with E-state index < -0.39 is 0 Å². The molecule has 0 radical (unpaired) electrons. The maximum atomic E-state index is 11.8. The van der Waals surface area contributed by atoms with E-state index in [1.165, 1.54) is 6.07 Å². The molecule has 1 amide bonds. The SMILES string of the molecule is Nc1ccc(NC(=O)CCCn2ccccc2=O)c(Cl)c1. The largest absolute Gasteiger partial charge is 0.399 e. The number of aromatic nitrogens is 1. The van der Waals surface area contributed by atoms with Crippen LogP contribution in [0, 0.1) is 0 Å². The van der Waals surface area contributed by atoms with E-state index in [1.807, 2.05) is 0 Å². The topological polar surface area (TPSA) is 77.1 Å². The molecule has 0 aliphatic rings. The van der Waals surface area contributed by atoms with Gasteiger partial charge >= 0.3 is 0 Å². The van der Waals surface area contributed by atoms with E-state index in [0.717, 1.165) is 0 Å². The Bertz CT molecular complexity index is 697. The van der Waals surface area contributed by atoms with Gasteiger partial charge in [0.2, 0.25) is 11.5 Å². The molecule has 0 saturated heterocycles. The molecule has 0 unspecified atom stereocenters. The molecule has 21 heavy (non-hydrogen) atoms. The highest BCUT2D eigenvalue weighted by atomic mass is 35.5. The number of aryl methyl sites for hydroxylation is 1. The van der Waals surface area contributed by atoms with Crippen molar-refractivity contribution in [1.82, 2.24) is 4.57 Å². The molecule has 1 heterocycles. The lowest BCUT2D eigenvalue weighted by molar-refractivity contribution is -0.116. The standard InChI is InChI=1S/C15H16ClN3O2/c16-12-10-11(17)6-7-13(12)18-14(20)4-3-9-19-8-2-1-5-15(19)21/h1-2,5-8,10H,3-4,9,17H2,(H,18,20). The van der Waals surface area contributed by atoms with Gasteiger partial charge in [0.05, 0.1) is 10.7 Å². The molecule has 1 aromatic carbocycles. The Morgan fingerprint density at radius 3 is 2.81 bits per heavy atom. The molecular weight excluding hydrogens is 290 g/mol. The summed E-state index contributed by atoms with van der Waals surface area (Å²) < 4.78 is 1.57. The number of nitrogens with zero attached hydrogens (tertiary/aromatic N) is 1. The predicted molar refractivity (Wildman–Crippen MR) is 84.4 cm³/mol. The Hall–Kier alpha value is -2.27. The molecular formula is C15H16ClN3O2. The summed E-state index contributed by atoms with van der Waals surface area (Å²) in [6, 6.07) is 9.89. The third kappa shape index (κ3) is 4.36. The maximum absolute atomic E-state index is 11.8. The smallest absolute Gasteiger partial charge is 0.250 e. The first-order chi connectivity index (χ1) is 10.1. The van der Waals surface area contributed by atoms with E-state index in [4.69, 9.17) is 17.3 Å². The molecule has 0 atom stereocenters. The number of rotatable bonds is 5. The van der Waals surface area contributed by atoms with Crippen LogP contribution in [0.1, 0.15) is 12.8 Å². The number of nitrogens with one attached hydrogen (secondary N) is 1. The summed E-state index contributed by atoms with van der Waals surface area (Å²) in [5.41, 5.74) is 6.60. The van der Waals surface area contributed by atoms with Crippen LogP contribution in [0.2, 0.25) is 5.02 Å². The van der Waals surface area contributed by atoms with Gasteiger partial charge in [0, 0.05) is 30.9 Å². The van der Waals surface area contributed by atoms with Gasteiger partial charge in [-0.3, -0.25) is 9.59 Å². The molecule has 1 aromatic heterocycles. The monoisotopic (exact) mass is 305 g/mol. The molecule has 0 aliphatic carbocycles. The zero-order valence-electron chi connectivity index (χ0n) is 11.4.